The molecule has 0 aliphatic carbocycles. The van der Waals surface area contributed by atoms with Gasteiger partial charge in [0, 0.05) is 25.9 Å². The Kier molecular flexibility index (Phi) is 7.58. The Hall–Kier alpha value is -1.78. The maximum Gasteiger partial charge on any atom is 0.416 e. The molecule has 1 aromatic rings. The molecule has 1 fully saturated rings. The van der Waals surface area contributed by atoms with E-state index in [-0.39, 0.29) is 24.5 Å². The molecule has 0 atom stereocenters. The second-order valence-electron chi connectivity index (χ2n) is 6.11. The number of alkyl halides is 6. The third kappa shape index (κ3) is 7.52. The summed E-state index contributed by atoms with van der Waals surface area (Å²) in [4.78, 5) is 24.0. The largest absolute Gasteiger partial charge is 0.488 e. The lowest BCUT2D eigenvalue weighted by Gasteiger charge is -2.30. The molecule has 2 amide bonds. The summed E-state index contributed by atoms with van der Waals surface area (Å²) in [5.41, 5.74) is -1.29. The van der Waals surface area contributed by atoms with Crippen LogP contribution < -0.4 is 10.1 Å². The third-order valence-electron chi connectivity index (χ3n) is 3.92. The standard InChI is InChI=1S/C16H16Cl3F3N2O5/c17-15(18,19)8-28-13(25)23-11-7-9(16(20,21)22)1-2-12(11)29-10-3-5-24(6-4-10)14(26)27/h1-2,7,10H,3-6,8H2,(H,23,25)(H,26,27). The maximum atomic E-state index is 13.0. The molecule has 0 saturated carbocycles. The van der Waals surface area contributed by atoms with Crippen molar-refractivity contribution in [2.45, 2.75) is 28.9 Å². The van der Waals surface area contributed by atoms with Crippen molar-refractivity contribution in [1.29, 1.82) is 0 Å². The summed E-state index contributed by atoms with van der Waals surface area (Å²) in [6.07, 6.45) is -6.61. The number of nitrogens with zero attached hydrogens (tertiary/aromatic N) is 1. The van der Waals surface area contributed by atoms with Crippen LogP contribution in [0.15, 0.2) is 18.2 Å². The molecule has 1 aromatic carbocycles. The monoisotopic (exact) mass is 478 g/mol. The molecule has 1 heterocycles. The molecule has 7 nitrogen and oxygen atoms in total. The lowest BCUT2D eigenvalue weighted by Crippen LogP contribution is -2.41. The van der Waals surface area contributed by atoms with E-state index in [2.05, 4.69) is 10.1 Å². The van der Waals surface area contributed by atoms with Crippen molar-refractivity contribution >= 4 is 52.7 Å². The molecule has 13 heteroatoms. The van der Waals surface area contributed by atoms with Crippen molar-refractivity contribution in [2.24, 2.45) is 0 Å². The van der Waals surface area contributed by atoms with Gasteiger partial charge >= 0.3 is 18.4 Å². The smallest absolute Gasteiger partial charge is 0.416 e. The molecule has 0 unspecified atom stereocenters. The number of nitrogens with one attached hydrogen (secondary N) is 1. The molecule has 2 N–H and O–H groups in total. The van der Waals surface area contributed by atoms with Crippen molar-refractivity contribution < 1.29 is 37.3 Å². The van der Waals surface area contributed by atoms with Gasteiger partial charge in [-0.2, -0.15) is 13.2 Å². The normalized spacial score (nSPS) is 15.7. The van der Waals surface area contributed by atoms with E-state index in [1.165, 1.54) is 4.90 Å². The van der Waals surface area contributed by atoms with Gasteiger partial charge in [-0.05, 0) is 18.2 Å². The lowest BCUT2D eigenvalue weighted by atomic mass is 10.1. The van der Waals surface area contributed by atoms with Gasteiger partial charge in [0.05, 0.1) is 11.3 Å². The Morgan fingerprint density at radius 2 is 1.83 bits per heavy atom. The fourth-order valence-corrected chi connectivity index (χ4v) is 2.71. The third-order valence-corrected chi connectivity index (χ3v) is 4.24. The van der Waals surface area contributed by atoms with Crippen LogP contribution in [0.2, 0.25) is 0 Å². The van der Waals surface area contributed by atoms with Gasteiger partial charge in [0.1, 0.15) is 18.5 Å². The van der Waals surface area contributed by atoms with E-state index in [9.17, 15) is 22.8 Å². The number of anilines is 1. The number of halogens is 6. The zero-order chi connectivity index (χ0) is 21.8. The van der Waals surface area contributed by atoms with Gasteiger partial charge in [-0.15, -0.1) is 0 Å². The van der Waals surface area contributed by atoms with Crippen LogP contribution in [0.5, 0.6) is 5.75 Å². The summed E-state index contributed by atoms with van der Waals surface area (Å²) >= 11 is 16.4. The molecule has 29 heavy (non-hydrogen) atoms. The average molecular weight is 480 g/mol. The molecule has 162 valence electrons. The molecular formula is C16H16Cl3F3N2O5. The fraction of sp³-hybridized carbons (Fsp3) is 0.500. The molecule has 0 spiro atoms. The highest BCUT2D eigenvalue weighted by atomic mass is 35.6. The highest BCUT2D eigenvalue weighted by molar-refractivity contribution is 6.67. The first-order valence-corrected chi connectivity index (χ1v) is 9.35. The van der Waals surface area contributed by atoms with E-state index in [1.807, 2.05) is 0 Å². The van der Waals surface area contributed by atoms with Crippen LogP contribution in [0.4, 0.5) is 28.4 Å². The van der Waals surface area contributed by atoms with Gasteiger partial charge in [-0.25, -0.2) is 9.59 Å². The highest BCUT2D eigenvalue weighted by Crippen LogP contribution is 2.36. The van der Waals surface area contributed by atoms with Crippen LogP contribution in [0.3, 0.4) is 0 Å². The highest BCUT2D eigenvalue weighted by Gasteiger charge is 2.32. The number of carboxylic acid groups (broad SMARTS) is 1. The van der Waals surface area contributed by atoms with Crippen molar-refractivity contribution in [1.82, 2.24) is 4.90 Å². The molecule has 0 aromatic heterocycles. The number of hydrogen-bond acceptors (Lipinski definition) is 4. The number of amides is 2. The average Bonchev–Trinajstić information content (AvgIpc) is 2.60. The minimum atomic E-state index is -4.65. The second kappa shape index (κ2) is 9.36. The SMILES string of the molecule is O=C(Nc1cc(C(F)(F)F)ccc1OC1CCN(C(=O)O)CC1)OCC(Cl)(Cl)Cl. The number of hydrogen-bond donors (Lipinski definition) is 2. The molecule has 1 aliphatic heterocycles. The zero-order valence-corrected chi connectivity index (χ0v) is 16.9. The summed E-state index contributed by atoms with van der Waals surface area (Å²) in [5, 5.41) is 11.1. The molecule has 0 radical (unpaired) electrons. The van der Waals surface area contributed by atoms with E-state index in [0.717, 1.165) is 12.1 Å². The number of rotatable bonds is 4. The molecule has 2 rings (SSSR count). The first-order valence-electron chi connectivity index (χ1n) is 8.21. The van der Waals surface area contributed by atoms with E-state index in [0.29, 0.717) is 18.9 Å². The predicted octanol–water partition coefficient (Wildman–Crippen LogP) is 5.15. The van der Waals surface area contributed by atoms with E-state index >= 15 is 0 Å². The van der Waals surface area contributed by atoms with Crippen LogP contribution in [0, 0.1) is 0 Å². The second-order valence-corrected chi connectivity index (χ2v) is 8.63. The van der Waals surface area contributed by atoms with Crippen LogP contribution in [-0.4, -0.2) is 51.8 Å². The van der Waals surface area contributed by atoms with Gasteiger partial charge in [0.2, 0.25) is 3.79 Å². The van der Waals surface area contributed by atoms with Gasteiger partial charge in [0.25, 0.3) is 0 Å². The number of carbonyl (C=O) groups excluding carboxylic acids is 1. The van der Waals surface area contributed by atoms with Crippen molar-refractivity contribution in [3.8, 4) is 5.75 Å². The van der Waals surface area contributed by atoms with Crippen molar-refractivity contribution in [3.63, 3.8) is 0 Å². The molecular weight excluding hydrogens is 464 g/mol. The quantitative estimate of drug-likeness (QED) is 0.584. The van der Waals surface area contributed by atoms with Gasteiger partial charge in [0.15, 0.2) is 0 Å². The number of likely N-dealkylation sites (tertiary alicyclic amines) is 1. The summed E-state index contributed by atoms with van der Waals surface area (Å²) in [6.45, 7) is -0.185. The van der Waals surface area contributed by atoms with E-state index < -0.39 is 40.4 Å². The Bertz CT molecular complexity index is 750. The fourth-order valence-electron chi connectivity index (χ4n) is 2.54. The van der Waals surface area contributed by atoms with E-state index in [1.54, 1.807) is 0 Å². The summed E-state index contributed by atoms with van der Waals surface area (Å²) < 4.78 is 47.5. The van der Waals surface area contributed by atoms with Crippen LogP contribution in [0.1, 0.15) is 18.4 Å². The molecule has 0 bridgehead atoms. The van der Waals surface area contributed by atoms with Gasteiger partial charge in [-0.1, -0.05) is 34.8 Å². The molecule has 1 saturated heterocycles. The van der Waals surface area contributed by atoms with Gasteiger partial charge < -0.3 is 19.5 Å². The number of benzene rings is 1. The minimum absolute atomic E-state index is 0.0300. The summed E-state index contributed by atoms with van der Waals surface area (Å²) in [6, 6.07) is 2.56. The Labute approximate surface area is 178 Å². The minimum Gasteiger partial charge on any atom is -0.488 e. The Morgan fingerprint density at radius 3 is 2.34 bits per heavy atom. The topological polar surface area (TPSA) is 88.1 Å². The lowest BCUT2D eigenvalue weighted by molar-refractivity contribution is -0.137. The van der Waals surface area contributed by atoms with Crippen LogP contribution in [-0.2, 0) is 10.9 Å². The van der Waals surface area contributed by atoms with E-state index in [4.69, 9.17) is 44.6 Å². The maximum absolute atomic E-state index is 13.0. The number of carbonyl (C=O) groups is 2. The van der Waals surface area contributed by atoms with Crippen LogP contribution >= 0.6 is 34.8 Å². The predicted molar refractivity (Wildman–Crippen MR) is 100.0 cm³/mol. The first-order chi connectivity index (χ1) is 13.3. The summed E-state index contributed by atoms with van der Waals surface area (Å²) in [5.74, 6) is -0.0300. The zero-order valence-electron chi connectivity index (χ0n) is 14.6. The number of ether oxygens (including phenoxy) is 2. The van der Waals surface area contributed by atoms with Crippen molar-refractivity contribution in [3.05, 3.63) is 23.8 Å². The number of piperidine rings is 1. The van der Waals surface area contributed by atoms with Crippen LogP contribution in [0.25, 0.3) is 0 Å². The Morgan fingerprint density at radius 1 is 1.21 bits per heavy atom. The van der Waals surface area contributed by atoms with Crippen molar-refractivity contribution in [2.75, 3.05) is 25.0 Å². The first kappa shape index (κ1) is 23.5. The molecule has 1 aliphatic rings. The van der Waals surface area contributed by atoms with Gasteiger partial charge in [-0.3, -0.25) is 5.32 Å². The summed E-state index contributed by atoms with van der Waals surface area (Å²) in [7, 11) is 0. The Balaban J connectivity index is 2.14.